The van der Waals surface area contributed by atoms with Crippen molar-refractivity contribution >= 4 is 11.0 Å². The van der Waals surface area contributed by atoms with Crippen molar-refractivity contribution in [2.24, 2.45) is 0 Å². The summed E-state index contributed by atoms with van der Waals surface area (Å²) in [6.07, 6.45) is 10.1. The van der Waals surface area contributed by atoms with E-state index in [1.54, 1.807) is 12.4 Å². The number of nitrogens with zero attached hydrogens (tertiary/aromatic N) is 3. The minimum absolute atomic E-state index is 0.625. The lowest BCUT2D eigenvalue weighted by atomic mass is 10.1. The first-order valence-electron chi connectivity index (χ1n) is 9.25. The van der Waals surface area contributed by atoms with Crippen LogP contribution in [0.2, 0.25) is 0 Å². The van der Waals surface area contributed by atoms with Crippen LogP contribution in [0.25, 0.3) is 11.0 Å². The Kier molecular flexibility index (Phi) is 5.10. The quantitative estimate of drug-likeness (QED) is 0.539. The Labute approximate surface area is 158 Å². The fourth-order valence-corrected chi connectivity index (χ4v) is 3.23. The average Bonchev–Trinajstić information content (AvgIpc) is 3.12. The predicted molar refractivity (Wildman–Crippen MR) is 106 cm³/mol. The summed E-state index contributed by atoms with van der Waals surface area (Å²) < 4.78 is 5.60. The number of rotatable bonds is 7. The van der Waals surface area contributed by atoms with Crippen LogP contribution >= 0.6 is 0 Å². The smallest absolute Gasteiger partial charge is 0.216 e. The first kappa shape index (κ1) is 17.2. The van der Waals surface area contributed by atoms with Gasteiger partial charge < -0.3 is 9.72 Å². The molecule has 0 unspecified atom stereocenters. The van der Waals surface area contributed by atoms with Crippen molar-refractivity contribution in [1.82, 2.24) is 19.9 Å². The van der Waals surface area contributed by atoms with E-state index in [1.807, 2.05) is 31.5 Å². The summed E-state index contributed by atoms with van der Waals surface area (Å²) in [6.45, 7) is 2.60. The second-order valence-corrected chi connectivity index (χ2v) is 6.45. The number of hydrogen-bond acceptors (Lipinski definition) is 4. The molecule has 0 bridgehead atoms. The Morgan fingerprint density at radius 3 is 2.67 bits per heavy atom. The Hall–Kier alpha value is -3.21. The van der Waals surface area contributed by atoms with Gasteiger partial charge >= 0.3 is 0 Å². The van der Waals surface area contributed by atoms with Crippen molar-refractivity contribution in [3.05, 3.63) is 83.6 Å². The molecule has 0 fully saturated rings. The fraction of sp³-hybridized carbons (Fsp3) is 0.227. The van der Waals surface area contributed by atoms with E-state index in [2.05, 4.69) is 44.2 Å². The van der Waals surface area contributed by atoms with E-state index < -0.39 is 0 Å². The van der Waals surface area contributed by atoms with E-state index in [0.717, 1.165) is 42.0 Å². The fourth-order valence-electron chi connectivity index (χ4n) is 3.23. The first-order chi connectivity index (χ1) is 13.3. The van der Waals surface area contributed by atoms with Crippen LogP contribution in [0.1, 0.15) is 29.3 Å². The monoisotopic (exact) mass is 358 g/mol. The summed E-state index contributed by atoms with van der Waals surface area (Å²) in [6, 6.07) is 12.3. The highest BCUT2D eigenvalue weighted by Crippen LogP contribution is 2.20. The van der Waals surface area contributed by atoms with Crippen molar-refractivity contribution in [3.63, 3.8) is 0 Å². The SMILES string of the molecule is CCOc1ncccc1CCc1ccc(Cc2c[nH]c3ncccc23)cn1. The van der Waals surface area contributed by atoms with Crippen molar-refractivity contribution in [2.75, 3.05) is 6.61 Å². The van der Waals surface area contributed by atoms with Crippen LogP contribution in [0, 0.1) is 0 Å². The van der Waals surface area contributed by atoms with E-state index in [1.165, 1.54) is 16.5 Å². The van der Waals surface area contributed by atoms with Crippen LogP contribution in [0.3, 0.4) is 0 Å². The second-order valence-electron chi connectivity index (χ2n) is 6.45. The number of hydrogen-bond donors (Lipinski definition) is 1. The highest BCUT2D eigenvalue weighted by atomic mass is 16.5. The summed E-state index contributed by atoms with van der Waals surface area (Å²) in [4.78, 5) is 16.5. The van der Waals surface area contributed by atoms with E-state index in [-0.39, 0.29) is 0 Å². The minimum atomic E-state index is 0.625. The summed E-state index contributed by atoms with van der Waals surface area (Å²) in [5.74, 6) is 0.726. The third-order valence-electron chi connectivity index (χ3n) is 4.60. The maximum atomic E-state index is 5.60. The molecule has 0 aliphatic rings. The molecule has 4 aromatic heterocycles. The maximum absolute atomic E-state index is 5.60. The zero-order chi connectivity index (χ0) is 18.5. The molecule has 0 aromatic carbocycles. The van der Waals surface area contributed by atoms with Crippen molar-refractivity contribution in [3.8, 4) is 5.88 Å². The molecule has 5 heteroatoms. The maximum Gasteiger partial charge on any atom is 0.216 e. The number of aromatic amines is 1. The molecule has 27 heavy (non-hydrogen) atoms. The van der Waals surface area contributed by atoms with Crippen molar-refractivity contribution < 1.29 is 4.74 Å². The van der Waals surface area contributed by atoms with Crippen LogP contribution in [-0.4, -0.2) is 26.5 Å². The molecule has 136 valence electrons. The number of aryl methyl sites for hydroxylation is 2. The van der Waals surface area contributed by atoms with Gasteiger partial charge in [0.15, 0.2) is 0 Å². The van der Waals surface area contributed by atoms with Crippen LogP contribution in [0.5, 0.6) is 5.88 Å². The van der Waals surface area contributed by atoms with Gasteiger partial charge in [0.05, 0.1) is 6.61 Å². The topological polar surface area (TPSA) is 63.7 Å². The Bertz CT molecular complexity index is 1020. The third-order valence-corrected chi connectivity index (χ3v) is 4.60. The standard InChI is InChI=1S/C22H22N4O/c1-2-27-22-17(5-3-12-24-22)8-10-19-9-7-16(14-25-19)13-18-15-26-21-20(18)6-4-11-23-21/h3-7,9,11-12,14-15H,2,8,10,13H2,1H3,(H,23,26). The normalized spacial score (nSPS) is 11.0. The molecule has 4 rings (SSSR count). The van der Waals surface area contributed by atoms with Crippen LogP contribution in [-0.2, 0) is 19.3 Å². The number of H-pyrrole nitrogens is 1. The molecule has 0 radical (unpaired) electrons. The van der Waals surface area contributed by atoms with E-state index in [9.17, 15) is 0 Å². The number of fused-ring (bicyclic) bond motifs is 1. The van der Waals surface area contributed by atoms with Gasteiger partial charge in [0.1, 0.15) is 5.65 Å². The predicted octanol–water partition coefficient (Wildman–Crippen LogP) is 4.13. The molecular formula is C22H22N4O. The summed E-state index contributed by atoms with van der Waals surface area (Å²) in [5.41, 5.74) is 5.56. The lowest BCUT2D eigenvalue weighted by Crippen LogP contribution is -2.01. The molecule has 0 spiro atoms. The van der Waals surface area contributed by atoms with Gasteiger partial charge in [-0.2, -0.15) is 0 Å². The molecule has 1 N–H and O–H groups in total. The lowest BCUT2D eigenvalue weighted by Gasteiger charge is -2.08. The summed E-state index contributed by atoms with van der Waals surface area (Å²) in [7, 11) is 0. The molecule has 0 saturated heterocycles. The summed E-state index contributed by atoms with van der Waals surface area (Å²) >= 11 is 0. The Morgan fingerprint density at radius 1 is 0.926 bits per heavy atom. The highest BCUT2D eigenvalue weighted by molar-refractivity contribution is 5.79. The zero-order valence-electron chi connectivity index (χ0n) is 15.4. The molecular weight excluding hydrogens is 336 g/mol. The van der Waals surface area contributed by atoms with Gasteiger partial charge in [-0.05, 0) is 55.2 Å². The molecule has 0 amide bonds. The second kappa shape index (κ2) is 7.99. The molecule has 0 saturated carbocycles. The van der Waals surface area contributed by atoms with E-state index in [4.69, 9.17) is 4.74 Å². The largest absolute Gasteiger partial charge is 0.478 e. The minimum Gasteiger partial charge on any atom is -0.478 e. The van der Waals surface area contributed by atoms with Crippen LogP contribution in [0.4, 0.5) is 0 Å². The average molecular weight is 358 g/mol. The van der Waals surface area contributed by atoms with Gasteiger partial charge in [-0.25, -0.2) is 9.97 Å². The zero-order valence-corrected chi connectivity index (χ0v) is 15.4. The van der Waals surface area contributed by atoms with Gasteiger partial charge in [0, 0.05) is 47.9 Å². The third kappa shape index (κ3) is 3.97. The Balaban J connectivity index is 1.42. The van der Waals surface area contributed by atoms with E-state index in [0.29, 0.717) is 6.61 Å². The van der Waals surface area contributed by atoms with E-state index >= 15 is 0 Å². The van der Waals surface area contributed by atoms with Crippen molar-refractivity contribution in [2.45, 2.75) is 26.2 Å². The summed E-state index contributed by atoms with van der Waals surface area (Å²) in [5, 5.41) is 1.17. The number of ether oxygens (including phenoxy) is 1. The highest BCUT2D eigenvalue weighted by Gasteiger charge is 2.07. The molecule has 4 aromatic rings. The van der Waals surface area contributed by atoms with Gasteiger partial charge in [0.25, 0.3) is 0 Å². The molecule has 4 heterocycles. The Morgan fingerprint density at radius 2 is 1.81 bits per heavy atom. The number of nitrogens with one attached hydrogen (secondary N) is 1. The molecule has 0 aliphatic heterocycles. The van der Waals surface area contributed by atoms with Gasteiger partial charge in [-0.15, -0.1) is 0 Å². The number of aromatic nitrogens is 4. The molecule has 0 aliphatic carbocycles. The van der Waals surface area contributed by atoms with Crippen molar-refractivity contribution in [1.29, 1.82) is 0 Å². The van der Waals surface area contributed by atoms with Crippen LogP contribution < -0.4 is 4.74 Å². The van der Waals surface area contributed by atoms with Crippen LogP contribution in [0.15, 0.2) is 61.2 Å². The number of pyridine rings is 3. The van der Waals surface area contributed by atoms with Gasteiger partial charge in [-0.1, -0.05) is 12.1 Å². The van der Waals surface area contributed by atoms with Gasteiger partial charge in [0.2, 0.25) is 5.88 Å². The lowest BCUT2D eigenvalue weighted by molar-refractivity contribution is 0.323. The molecule has 5 nitrogen and oxygen atoms in total. The molecule has 0 atom stereocenters. The first-order valence-corrected chi connectivity index (χ1v) is 9.25. The van der Waals surface area contributed by atoms with Gasteiger partial charge in [-0.3, -0.25) is 4.98 Å².